The predicted octanol–water partition coefficient (Wildman–Crippen LogP) is 1.30. The van der Waals surface area contributed by atoms with Crippen molar-refractivity contribution in [2.24, 2.45) is 0 Å². The van der Waals surface area contributed by atoms with Crippen LogP contribution in [0.3, 0.4) is 0 Å². The molecule has 3 aromatic rings. The lowest BCUT2D eigenvalue weighted by Gasteiger charge is -2.02. The average Bonchev–Trinajstić information content (AvgIpc) is 2.85. The molecule has 21 heavy (non-hydrogen) atoms. The number of hydrogen-bond acceptors (Lipinski definition) is 5. The molecule has 0 saturated heterocycles. The summed E-state index contributed by atoms with van der Waals surface area (Å²) in [6, 6.07) is 3.60. The molecule has 106 valence electrons. The van der Waals surface area contributed by atoms with Crippen LogP contribution in [0.25, 0.3) is 16.9 Å². The van der Waals surface area contributed by atoms with Crippen molar-refractivity contribution < 1.29 is 19.0 Å². The van der Waals surface area contributed by atoms with Crippen molar-refractivity contribution in [3.63, 3.8) is 0 Å². The van der Waals surface area contributed by atoms with E-state index in [1.807, 2.05) is 0 Å². The van der Waals surface area contributed by atoms with E-state index in [-0.39, 0.29) is 22.6 Å². The monoisotopic (exact) mass is 290 g/mol. The van der Waals surface area contributed by atoms with Crippen LogP contribution in [0.4, 0.5) is 9.18 Å². The standard InChI is InChI=1S/C12H7FN4O4/c13-6-1-2-8-9(3-6)15-11(16-10(8)18)17-5-7(4-14-17)21-12(19)20/h1-5H,(H,19,20)(H,15,16,18). The first-order valence-corrected chi connectivity index (χ1v) is 5.68. The van der Waals surface area contributed by atoms with Crippen LogP contribution in [0.2, 0.25) is 0 Å². The highest BCUT2D eigenvalue weighted by molar-refractivity contribution is 5.77. The number of carbonyl (C=O) groups is 1. The van der Waals surface area contributed by atoms with Crippen LogP contribution in [0.1, 0.15) is 0 Å². The molecular formula is C12H7FN4O4. The van der Waals surface area contributed by atoms with Crippen LogP contribution in [-0.2, 0) is 0 Å². The summed E-state index contributed by atoms with van der Waals surface area (Å²) in [4.78, 5) is 28.8. The Hall–Kier alpha value is -3.23. The Balaban J connectivity index is 2.10. The largest absolute Gasteiger partial charge is 0.511 e. The molecule has 0 aliphatic heterocycles. The lowest BCUT2D eigenvalue weighted by molar-refractivity contribution is 0.144. The van der Waals surface area contributed by atoms with Crippen LogP contribution in [0, 0.1) is 5.82 Å². The molecule has 8 nitrogen and oxygen atoms in total. The summed E-state index contributed by atoms with van der Waals surface area (Å²) < 4.78 is 18.7. The van der Waals surface area contributed by atoms with Gasteiger partial charge in [0.2, 0.25) is 5.95 Å². The number of fused-ring (bicyclic) bond motifs is 1. The maximum atomic E-state index is 13.2. The van der Waals surface area contributed by atoms with Gasteiger partial charge in [0.1, 0.15) is 5.82 Å². The molecule has 0 unspecified atom stereocenters. The topological polar surface area (TPSA) is 110 Å². The summed E-state index contributed by atoms with van der Waals surface area (Å²) in [6.45, 7) is 0. The van der Waals surface area contributed by atoms with Crippen molar-refractivity contribution in [3.05, 3.63) is 46.8 Å². The number of aromatic nitrogens is 4. The van der Waals surface area contributed by atoms with E-state index < -0.39 is 17.5 Å². The molecule has 9 heteroatoms. The zero-order valence-electron chi connectivity index (χ0n) is 10.3. The van der Waals surface area contributed by atoms with E-state index in [1.54, 1.807) is 0 Å². The second kappa shape index (κ2) is 4.71. The average molecular weight is 290 g/mol. The predicted molar refractivity (Wildman–Crippen MR) is 68.1 cm³/mol. The quantitative estimate of drug-likeness (QED) is 0.688. The lowest BCUT2D eigenvalue weighted by Crippen LogP contribution is -2.13. The third kappa shape index (κ3) is 2.43. The molecule has 0 fully saturated rings. The SMILES string of the molecule is O=C(O)Oc1cnn(-c2nc3cc(F)ccc3c(=O)[nH]2)c1. The molecule has 0 aliphatic carbocycles. The fourth-order valence-electron chi connectivity index (χ4n) is 1.78. The molecule has 2 N–H and O–H groups in total. The second-order valence-electron chi connectivity index (χ2n) is 4.04. The molecule has 0 amide bonds. The number of benzene rings is 1. The number of rotatable bonds is 2. The van der Waals surface area contributed by atoms with Gasteiger partial charge in [0.25, 0.3) is 5.56 Å². The first-order chi connectivity index (χ1) is 10.0. The van der Waals surface area contributed by atoms with Gasteiger partial charge in [-0.1, -0.05) is 0 Å². The van der Waals surface area contributed by atoms with E-state index >= 15 is 0 Å². The van der Waals surface area contributed by atoms with Gasteiger partial charge >= 0.3 is 6.16 Å². The van der Waals surface area contributed by atoms with Gasteiger partial charge in [-0.25, -0.2) is 18.9 Å². The van der Waals surface area contributed by atoms with Crippen molar-refractivity contribution >= 4 is 17.1 Å². The van der Waals surface area contributed by atoms with Crippen LogP contribution < -0.4 is 10.3 Å². The number of halogens is 1. The fourth-order valence-corrected chi connectivity index (χ4v) is 1.78. The van der Waals surface area contributed by atoms with Crippen LogP contribution in [-0.4, -0.2) is 31.0 Å². The van der Waals surface area contributed by atoms with Gasteiger partial charge in [0, 0.05) is 6.07 Å². The van der Waals surface area contributed by atoms with Crippen LogP contribution >= 0.6 is 0 Å². The van der Waals surface area contributed by atoms with Crippen molar-refractivity contribution in [1.29, 1.82) is 0 Å². The normalized spacial score (nSPS) is 10.7. The minimum atomic E-state index is -1.49. The third-order valence-corrected chi connectivity index (χ3v) is 2.64. The maximum absolute atomic E-state index is 13.2. The van der Waals surface area contributed by atoms with E-state index in [0.717, 1.165) is 23.0 Å². The summed E-state index contributed by atoms with van der Waals surface area (Å²) in [7, 11) is 0. The van der Waals surface area contributed by atoms with E-state index in [9.17, 15) is 14.0 Å². The Morgan fingerprint density at radius 2 is 2.24 bits per heavy atom. The van der Waals surface area contributed by atoms with Crippen LogP contribution in [0.5, 0.6) is 5.75 Å². The molecule has 0 radical (unpaired) electrons. The third-order valence-electron chi connectivity index (χ3n) is 2.64. The Morgan fingerprint density at radius 3 is 3.00 bits per heavy atom. The van der Waals surface area contributed by atoms with E-state index in [2.05, 4.69) is 19.8 Å². The molecule has 0 spiro atoms. The first-order valence-electron chi connectivity index (χ1n) is 5.68. The van der Waals surface area contributed by atoms with Crippen LogP contribution in [0.15, 0.2) is 35.4 Å². The van der Waals surface area contributed by atoms with Crippen molar-refractivity contribution in [2.75, 3.05) is 0 Å². The van der Waals surface area contributed by atoms with Gasteiger partial charge in [-0.05, 0) is 12.1 Å². The smallest absolute Gasteiger partial charge is 0.449 e. The van der Waals surface area contributed by atoms with Gasteiger partial charge in [0.05, 0.1) is 23.3 Å². The summed E-state index contributed by atoms with van der Waals surface area (Å²) in [5, 5.41) is 12.5. The number of nitrogens with one attached hydrogen (secondary N) is 1. The molecule has 1 aromatic carbocycles. The highest BCUT2D eigenvalue weighted by Crippen LogP contribution is 2.13. The molecule has 3 rings (SSSR count). The minimum absolute atomic E-state index is 0.0124. The number of ether oxygens (including phenoxy) is 1. The maximum Gasteiger partial charge on any atom is 0.511 e. The fraction of sp³-hybridized carbons (Fsp3) is 0. The van der Waals surface area contributed by atoms with E-state index in [0.29, 0.717) is 0 Å². The second-order valence-corrected chi connectivity index (χ2v) is 4.04. The Bertz CT molecular complexity index is 902. The first kappa shape index (κ1) is 12.8. The van der Waals surface area contributed by atoms with Gasteiger partial charge in [-0.15, -0.1) is 0 Å². The Morgan fingerprint density at radius 1 is 1.43 bits per heavy atom. The number of hydrogen-bond donors (Lipinski definition) is 2. The number of nitrogens with zero attached hydrogens (tertiary/aromatic N) is 3. The summed E-state index contributed by atoms with van der Waals surface area (Å²) in [5.74, 6) is -0.551. The van der Waals surface area contributed by atoms with Gasteiger partial charge in [0.15, 0.2) is 5.75 Å². The molecular weight excluding hydrogens is 283 g/mol. The number of aromatic amines is 1. The summed E-state index contributed by atoms with van der Waals surface area (Å²) in [6.07, 6.45) is 0.873. The number of H-pyrrole nitrogens is 1. The van der Waals surface area contributed by atoms with Gasteiger partial charge < -0.3 is 9.84 Å². The highest BCUT2D eigenvalue weighted by atomic mass is 19.1. The lowest BCUT2D eigenvalue weighted by atomic mass is 10.2. The molecule has 0 bridgehead atoms. The molecule has 0 saturated carbocycles. The Kier molecular flexibility index (Phi) is 2.87. The van der Waals surface area contributed by atoms with E-state index in [4.69, 9.17) is 5.11 Å². The zero-order chi connectivity index (χ0) is 15.0. The molecule has 2 aromatic heterocycles. The van der Waals surface area contributed by atoms with E-state index in [1.165, 1.54) is 12.3 Å². The summed E-state index contributed by atoms with van der Waals surface area (Å²) in [5.41, 5.74) is -0.309. The van der Waals surface area contributed by atoms with Crippen molar-refractivity contribution in [1.82, 2.24) is 19.7 Å². The zero-order valence-corrected chi connectivity index (χ0v) is 10.3. The van der Waals surface area contributed by atoms with Gasteiger partial charge in [-0.3, -0.25) is 9.78 Å². The van der Waals surface area contributed by atoms with Crippen molar-refractivity contribution in [2.45, 2.75) is 0 Å². The molecule has 0 aliphatic rings. The number of carboxylic acid groups (broad SMARTS) is 1. The molecule has 2 heterocycles. The Labute approximate surface area is 115 Å². The molecule has 0 atom stereocenters. The highest BCUT2D eigenvalue weighted by Gasteiger charge is 2.10. The minimum Gasteiger partial charge on any atom is -0.449 e. The summed E-state index contributed by atoms with van der Waals surface area (Å²) >= 11 is 0. The van der Waals surface area contributed by atoms with Gasteiger partial charge in [-0.2, -0.15) is 5.10 Å². The van der Waals surface area contributed by atoms with Crippen molar-refractivity contribution in [3.8, 4) is 11.7 Å².